The molecule has 8 nitrogen and oxygen atoms in total. The SMILES string of the molecule is Cc1oc(-c2ccccc2)nc1CN1CCN(C(=O)CN2C(=O)c3ccccc3C2=O)CC1. The molecule has 3 heterocycles. The summed E-state index contributed by atoms with van der Waals surface area (Å²) in [7, 11) is 0. The fraction of sp³-hybridized carbons (Fsp3) is 0.280. The summed E-state index contributed by atoms with van der Waals surface area (Å²) in [6, 6.07) is 16.5. The third-order valence-corrected chi connectivity index (χ3v) is 6.18. The summed E-state index contributed by atoms with van der Waals surface area (Å²) in [6.07, 6.45) is 0. The number of aromatic nitrogens is 1. The van der Waals surface area contributed by atoms with Crippen LogP contribution in [0.3, 0.4) is 0 Å². The van der Waals surface area contributed by atoms with Gasteiger partial charge in [0.05, 0.1) is 16.8 Å². The number of carbonyl (C=O) groups excluding carboxylic acids is 3. The molecule has 0 saturated carbocycles. The van der Waals surface area contributed by atoms with E-state index in [1.807, 2.05) is 37.3 Å². The third kappa shape index (κ3) is 4.05. The highest BCUT2D eigenvalue weighted by molar-refractivity contribution is 6.22. The molecular formula is C25H24N4O4. The fourth-order valence-electron chi connectivity index (χ4n) is 4.26. The van der Waals surface area contributed by atoms with Gasteiger partial charge in [0.25, 0.3) is 11.8 Å². The number of carbonyl (C=O) groups is 3. The average molecular weight is 444 g/mol. The molecule has 2 aliphatic heterocycles. The lowest BCUT2D eigenvalue weighted by Crippen LogP contribution is -2.51. The van der Waals surface area contributed by atoms with Gasteiger partial charge in [-0.25, -0.2) is 4.98 Å². The molecule has 0 N–H and O–H groups in total. The number of rotatable bonds is 5. The molecule has 168 valence electrons. The van der Waals surface area contributed by atoms with E-state index in [0.717, 1.165) is 21.9 Å². The first kappa shape index (κ1) is 21.1. The molecule has 0 aliphatic carbocycles. The maximum atomic E-state index is 12.8. The lowest BCUT2D eigenvalue weighted by atomic mass is 10.1. The van der Waals surface area contributed by atoms with Crippen molar-refractivity contribution in [3.63, 3.8) is 0 Å². The Morgan fingerprint density at radius 1 is 0.909 bits per heavy atom. The Balaban J connectivity index is 1.17. The molecule has 0 radical (unpaired) electrons. The standard InChI is InChI=1S/C25H24N4O4/c1-17-21(26-23(33-17)18-7-3-2-4-8-18)15-27-11-13-28(14-12-27)22(30)16-29-24(31)19-9-5-6-10-20(19)25(29)32/h2-10H,11-16H2,1H3. The van der Waals surface area contributed by atoms with Crippen LogP contribution in [-0.4, -0.2) is 70.1 Å². The van der Waals surface area contributed by atoms with Crippen molar-refractivity contribution in [2.45, 2.75) is 13.5 Å². The van der Waals surface area contributed by atoms with E-state index in [-0.39, 0.29) is 12.5 Å². The highest BCUT2D eigenvalue weighted by Gasteiger charge is 2.37. The van der Waals surface area contributed by atoms with Gasteiger partial charge in [0.2, 0.25) is 11.8 Å². The van der Waals surface area contributed by atoms with Crippen LogP contribution in [0.15, 0.2) is 59.0 Å². The molecule has 5 rings (SSSR count). The smallest absolute Gasteiger partial charge is 0.262 e. The quantitative estimate of drug-likeness (QED) is 0.563. The summed E-state index contributed by atoms with van der Waals surface area (Å²) in [5.74, 6) is 0.376. The topological polar surface area (TPSA) is 87.0 Å². The van der Waals surface area contributed by atoms with Gasteiger partial charge in [-0.1, -0.05) is 30.3 Å². The second-order valence-corrected chi connectivity index (χ2v) is 8.29. The van der Waals surface area contributed by atoms with Crippen molar-refractivity contribution < 1.29 is 18.8 Å². The number of piperazine rings is 1. The monoisotopic (exact) mass is 444 g/mol. The molecule has 3 aromatic rings. The number of amides is 3. The zero-order valence-electron chi connectivity index (χ0n) is 18.4. The van der Waals surface area contributed by atoms with Gasteiger partial charge in [-0.05, 0) is 31.2 Å². The first-order chi connectivity index (χ1) is 16.0. The number of oxazole rings is 1. The molecule has 1 aromatic heterocycles. The lowest BCUT2D eigenvalue weighted by Gasteiger charge is -2.35. The van der Waals surface area contributed by atoms with Gasteiger partial charge in [0.1, 0.15) is 12.3 Å². The number of aryl methyl sites for hydroxylation is 1. The highest BCUT2D eigenvalue weighted by atomic mass is 16.4. The van der Waals surface area contributed by atoms with Crippen molar-refractivity contribution in [3.8, 4) is 11.5 Å². The number of benzene rings is 2. The van der Waals surface area contributed by atoms with Crippen molar-refractivity contribution in [2.24, 2.45) is 0 Å². The molecule has 0 bridgehead atoms. The van der Waals surface area contributed by atoms with Gasteiger partial charge in [-0.3, -0.25) is 24.2 Å². The first-order valence-corrected chi connectivity index (χ1v) is 11.0. The molecule has 0 unspecified atom stereocenters. The molecule has 0 spiro atoms. The van der Waals surface area contributed by atoms with Crippen LogP contribution in [0.4, 0.5) is 0 Å². The summed E-state index contributed by atoms with van der Waals surface area (Å²) in [4.78, 5) is 47.5. The Bertz CT molecular complexity index is 1180. The van der Waals surface area contributed by atoms with E-state index in [1.165, 1.54) is 0 Å². The largest absolute Gasteiger partial charge is 0.441 e. The fourth-order valence-corrected chi connectivity index (χ4v) is 4.26. The minimum Gasteiger partial charge on any atom is -0.441 e. The van der Waals surface area contributed by atoms with Gasteiger partial charge < -0.3 is 9.32 Å². The minimum atomic E-state index is -0.404. The molecule has 1 saturated heterocycles. The molecule has 8 heteroatoms. The van der Waals surface area contributed by atoms with E-state index in [2.05, 4.69) is 9.88 Å². The summed E-state index contributed by atoms with van der Waals surface area (Å²) >= 11 is 0. The maximum Gasteiger partial charge on any atom is 0.262 e. The summed E-state index contributed by atoms with van der Waals surface area (Å²) < 4.78 is 5.85. The predicted octanol–water partition coefficient (Wildman–Crippen LogP) is 2.59. The Morgan fingerprint density at radius 2 is 1.52 bits per heavy atom. The predicted molar refractivity (Wildman–Crippen MR) is 120 cm³/mol. The van der Waals surface area contributed by atoms with Gasteiger partial charge in [0, 0.05) is 38.3 Å². The van der Waals surface area contributed by atoms with Crippen LogP contribution >= 0.6 is 0 Å². The van der Waals surface area contributed by atoms with Crippen LogP contribution in [-0.2, 0) is 11.3 Å². The summed E-state index contributed by atoms with van der Waals surface area (Å²) in [6.45, 7) is 4.75. The van der Waals surface area contributed by atoms with Gasteiger partial charge >= 0.3 is 0 Å². The normalized spacial score (nSPS) is 16.4. The van der Waals surface area contributed by atoms with E-state index in [1.54, 1.807) is 29.2 Å². The van der Waals surface area contributed by atoms with Crippen molar-refractivity contribution >= 4 is 17.7 Å². The number of nitrogens with zero attached hydrogens (tertiary/aromatic N) is 4. The van der Waals surface area contributed by atoms with Crippen molar-refractivity contribution in [1.29, 1.82) is 0 Å². The molecular weight excluding hydrogens is 420 g/mol. The van der Waals surface area contributed by atoms with Crippen LogP contribution in [0.5, 0.6) is 0 Å². The van der Waals surface area contributed by atoms with E-state index < -0.39 is 11.8 Å². The van der Waals surface area contributed by atoms with Gasteiger partial charge in [-0.2, -0.15) is 0 Å². The number of fused-ring (bicyclic) bond motifs is 1. The van der Waals surface area contributed by atoms with E-state index in [0.29, 0.717) is 49.7 Å². The number of hydrogen-bond donors (Lipinski definition) is 0. The van der Waals surface area contributed by atoms with Crippen LogP contribution in [0.1, 0.15) is 32.2 Å². The number of hydrogen-bond acceptors (Lipinski definition) is 6. The Morgan fingerprint density at radius 3 is 2.15 bits per heavy atom. The average Bonchev–Trinajstić information content (AvgIpc) is 3.33. The van der Waals surface area contributed by atoms with Crippen molar-refractivity contribution in [2.75, 3.05) is 32.7 Å². The Kier molecular flexibility index (Phi) is 5.51. The Hall–Kier alpha value is -3.78. The van der Waals surface area contributed by atoms with E-state index in [9.17, 15) is 14.4 Å². The van der Waals surface area contributed by atoms with Crippen LogP contribution in [0.25, 0.3) is 11.5 Å². The van der Waals surface area contributed by atoms with Crippen LogP contribution in [0.2, 0.25) is 0 Å². The van der Waals surface area contributed by atoms with E-state index >= 15 is 0 Å². The molecule has 33 heavy (non-hydrogen) atoms. The van der Waals surface area contributed by atoms with Crippen molar-refractivity contribution in [3.05, 3.63) is 77.2 Å². The highest BCUT2D eigenvalue weighted by Crippen LogP contribution is 2.24. The molecule has 0 atom stereocenters. The van der Waals surface area contributed by atoms with Gasteiger partial charge in [-0.15, -0.1) is 0 Å². The summed E-state index contributed by atoms with van der Waals surface area (Å²) in [5.41, 5.74) is 2.55. The second-order valence-electron chi connectivity index (χ2n) is 8.29. The van der Waals surface area contributed by atoms with Crippen LogP contribution in [0, 0.1) is 6.92 Å². The first-order valence-electron chi connectivity index (χ1n) is 11.0. The lowest BCUT2D eigenvalue weighted by molar-refractivity contribution is -0.133. The zero-order chi connectivity index (χ0) is 22.9. The minimum absolute atomic E-state index is 0.215. The third-order valence-electron chi connectivity index (χ3n) is 6.18. The molecule has 2 aromatic carbocycles. The summed E-state index contributed by atoms with van der Waals surface area (Å²) in [5, 5.41) is 0. The molecule has 2 aliphatic rings. The van der Waals surface area contributed by atoms with E-state index in [4.69, 9.17) is 4.42 Å². The zero-order valence-corrected chi connectivity index (χ0v) is 18.4. The van der Waals surface area contributed by atoms with Crippen molar-refractivity contribution in [1.82, 2.24) is 19.7 Å². The molecule has 3 amide bonds. The van der Waals surface area contributed by atoms with Crippen LogP contribution < -0.4 is 0 Å². The maximum absolute atomic E-state index is 12.8. The Labute approximate surface area is 191 Å². The van der Waals surface area contributed by atoms with Gasteiger partial charge in [0.15, 0.2) is 0 Å². The molecule has 1 fully saturated rings. The number of imide groups is 1. The second kappa shape index (κ2) is 8.63.